The summed E-state index contributed by atoms with van der Waals surface area (Å²) < 4.78 is 57.1. The summed E-state index contributed by atoms with van der Waals surface area (Å²) in [7, 11) is 3.31. The molecule has 114 valence electrons. The minimum Gasteiger partial charge on any atom is -0.359 e. The summed E-state index contributed by atoms with van der Waals surface area (Å²) in [5.41, 5.74) is -0.837. The molecule has 1 heterocycles. The van der Waals surface area contributed by atoms with Crippen molar-refractivity contribution in [2.24, 2.45) is 8.80 Å². The van der Waals surface area contributed by atoms with Crippen molar-refractivity contribution in [3.8, 4) is 0 Å². The highest BCUT2D eigenvalue weighted by atomic mass is 35.5. The average Bonchev–Trinajstić information content (AvgIpc) is 2.71. The van der Waals surface area contributed by atoms with Gasteiger partial charge in [-0.05, 0) is 18.2 Å². The fourth-order valence-corrected chi connectivity index (χ4v) is 2.53. The molecule has 21 heavy (non-hydrogen) atoms. The van der Waals surface area contributed by atoms with E-state index in [1.165, 1.54) is 6.07 Å². The molecule has 0 spiro atoms. The van der Waals surface area contributed by atoms with Gasteiger partial charge in [0.15, 0.2) is 11.7 Å². The highest BCUT2D eigenvalue weighted by Crippen LogP contribution is 2.36. The molecular formula is C11H10ClF3N4OS. The maximum atomic E-state index is 12.8. The van der Waals surface area contributed by atoms with Gasteiger partial charge in [0.05, 0.1) is 10.6 Å². The third-order valence-corrected chi connectivity index (χ3v) is 3.50. The van der Waals surface area contributed by atoms with Gasteiger partial charge < -0.3 is 10.2 Å². The van der Waals surface area contributed by atoms with Crippen molar-refractivity contribution in [1.82, 2.24) is 4.90 Å². The third kappa shape index (κ3) is 3.53. The summed E-state index contributed by atoms with van der Waals surface area (Å²) in [6.07, 6.45) is -4.56. The predicted octanol–water partition coefficient (Wildman–Crippen LogP) is 2.72. The van der Waals surface area contributed by atoms with Gasteiger partial charge in [0.2, 0.25) is 0 Å². The van der Waals surface area contributed by atoms with E-state index in [4.69, 9.17) is 11.6 Å². The highest BCUT2D eigenvalue weighted by Gasteiger charge is 2.33. The van der Waals surface area contributed by atoms with Crippen LogP contribution in [-0.2, 0) is 17.3 Å². The molecule has 1 aliphatic rings. The number of likely N-dealkylation sites (N-methyl/N-ethyl adjacent to an activating group) is 1. The lowest BCUT2D eigenvalue weighted by molar-refractivity contribution is -0.137. The normalized spacial score (nSPS) is 18.3. The summed E-state index contributed by atoms with van der Waals surface area (Å²) in [4.78, 5) is 1.55. The molecule has 0 fully saturated rings. The first-order valence-electron chi connectivity index (χ1n) is 5.59. The second-order valence-corrected chi connectivity index (χ2v) is 5.53. The standard InChI is InChI=1S/C11H10ClF3N4OS/c1-19(2)10-9(17-21(20)18-10)16-6-3-4-8(12)7(5-6)11(13,14)15/h3-5H,1-2H3,(H,16,17). The van der Waals surface area contributed by atoms with Gasteiger partial charge in [0.25, 0.3) is 11.2 Å². The summed E-state index contributed by atoms with van der Waals surface area (Å²) in [5.74, 6) is 0.422. The molecule has 2 rings (SSSR count). The Hall–Kier alpha value is -1.61. The number of hydrogen-bond donors (Lipinski definition) is 1. The zero-order valence-electron chi connectivity index (χ0n) is 10.9. The Kier molecular flexibility index (Phi) is 4.24. The second kappa shape index (κ2) is 5.64. The maximum absolute atomic E-state index is 12.8. The number of nitrogens with one attached hydrogen (secondary N) is 1. The lowest BCUT2D eigenvalue weighted by Gasteiger charge is -2.15. The Labute approximate surface area is 126 Å². The van der Waals surface area contributed by atoms with E-state index in [2.05, 4.69) is 14.1 Å². The Bertz CT molecular complexity index is 657. The zero-order valence-corrected chi connectivity index (χ0v) is 12.5. The van der Waals surface area contributed by atoms with Crippen molar-refractivity contribution in [2.45, 2.75) is 6.18 Å². The number of halogens is 4. The van der Waals surface area contributed by atoms with Crippen LogP contribution in [-0.4, -0.2) is 34.9 Å². The van der Waals surface area contributed by atoms with Crippen molar-refractivity contribution < 1.29 is 17.4 Å². The minimum atomic E-state index is -4.56. The SMILES string of the molecule is CN(C)C1=NS(=O)N=C1Nc1ccc(Cl)c(C(F)(F)F)c1. The van der Waals surface area contributed by atoms with Gasteiger partial charge in [-0.2, -0.15) is 13.2 Å². The van der Waals surface area contributed by atoms with Crippen LogP contribution in [0.4, 0.5) is 18.9 Å². The predicted molar refractivity (Wildman–Crippen MR) is 76.8 cm³/mol. The van der Waals surface area contributed by atoms with E-state index in [-0.39, 0.29) is 17.4 Å². The van der Waals surface area contributed by atoms with Gasteiger partial charge >= 0.3 is 6.18 Å². The van der Waals surface area contributed by atoms with E-state index >= 15 is 0 Å². The molecule has 1 unspecified atom stereocenters. The molecule has 1 atom stereocenters. The topological polar surface area (TPSA) is 57.1 Å². The van der Waals surface area contributed by atoms with Gasteiger partial charge in [-0.3, -0.25) is 0 Å². The van der Waals surface area contributed by atoms with Crippen LogP contribution in [0.3, 0.4) is 0 Å². The van der Waals surface area contributed by atoms with Crippen LogP contribution in [0.5, 0.6) is 0 Å². The number of hydrogen-bond acceptors (Lipinski definition) is 3. The smallest absolute Gasteiger partial charge is 0.359 e. The molecule has 0 bridgehead atoms. The average molecular weight is 339 g/mol. The molecule has 0 saturated heterocycles. The number of anilines is 1. The zero-order chi connectivity index (χ0) is 15.8. The molecule has 0 saturated carbocycles. The summed E-state index contributed by atoms with van der Waals surface area (Å²) in [6.45, 7) is 0. The van der Waals surface area contributed by atoms with Crippen LogP contribution in [0, 0.1) is 0 Å². The van der Waals surface area contributed by atoms with Gasteiger partial charge in [-0.15, -0.1) is 8.80 Å². The molecule has 1 aliphatic heterocycles. The van der Waals surface area contributed by atoms with E-state index in [0.29, 0.717) is 0 Å². The molecule has 1 aromatic rings. The molecular weight excluding hydrogens is 329 g/mol. The maximum Gasteiger partial charge on any atom is 0.417 e. The minimum absolute atomic E-state index is 0.124. The van der Waals surface area contributed by atoms with Gasteiger partial charge in [-0.25, -0.2) is 4.21 Å². The van der Waals surface area contributed by atoms with Crippen LogP contribution < -0.4 is 5.32 Å². The Balaban J connectivity index is 2.31. The lowest BCUT2D eigenvalue weighted by Crippen LogP contribution is -2.33. The second-order valence-electron chi connectivity index (χ2n) is 4.30. The third-order valence-electron chi connectivity index (χ3n) is 2.50. The number of benzene rings is 1. The number of rotatable bonds is 1. The summed E-state index contributed by atoms with van der Waals surface area (Å²) >= 11 is 3.76. The van der Waals surface area contributed by atoms with Crippen LogP contribution in [0.1, 0.15) is 5.56 Å². The molecule has 0 aromatic heterocycles. The van der Waals surface area contributed by atoms with Crippen molar-refractivity contribution in [3.05, 3.63) is 28.8 Å². The molecule has 1 N–H and O–H groups in total. The van der Waals surface area contributed by atoms with Crippen molar-refractivity contribution in [1.29, 1.82) is 0 Å². The largest absolute Gasteiger partial charge is 0.417 e. The Morgan fingerprint density at radius 3 is 2.52 bits per heavy atom. The van der Waals surface area contributed by atoms with Gasteiger partial charge in [0, 0.05) is 19.8 Å². The lowest BCUT2D eigenvalue weighted by atomic mass is 10.2. The van der Waals surface area contributed by atoms with Crippen LogP contribution in [0.2, 0.25) is 5.02 Å². The first kappa shape index (κ1) is 15.8. The van der Waals surface area contributed by atoms with E-state index in [1.807, 2.05) is 0 Å². The molecule has 10 heteroatoms. The molecule has 0 aliphatic carbocycles. The van der Waals surface area contributed by atoms with E-state index in [9.17, 15) is 17.4 Å². The van der Waals surface area contributed by atoms with E-state index in [0.717, 1.165) is 12.1 Å². The number of alkyl halides is 3. The summed E-state index contributed by atoms with van der Waals surface area (Å²) in [6, 6.07) is 3.36. The first-order chi connectivity index (χ1) is 9.68. The summed E-state index contributed by atoms with van der Waals surface area (Å²) in [5, 5.41) is 2.27. The van der Waals surface area contributed by atoms with Crippen molar-refractivity contribution >= 4 is 40.1 Å². The van der Waals surface area contributed by atoms with Crippen LogP contribution >= 0.6 is 11.6 Å². The fourth-order valence-electron chi connectivity index (χ4n) is 1.59. The van der Waals surface area contributed by atoms with Crippen molar-refractivity contribution in [3.63, 3.8) is 0 Å². The highest BCUT2D eigenvalue weighted by molar-refractivity contribution is 7.83. The van der Waals surface area contributed by atoms with E-state index in [1.54, 1.807) is 19.0 Å². The number of nitrogens with zero attached hydrogens (tertiary/aromatic N) is 3. The quantitative estimate of drug-likeness (QED) is 0.856. The first-order valence-corrected chi connectivity index (χ1v) is 7.03. The van der Waals surface area contributed by atoms with Crippen LogP contribution in [0.25, 0.3) is 0 Å². The van der Waals surface area contributed by atoms with E-state index < -0.39 is 27.9 Å². The molecule has 1 aromatic carbocycles. The Morgan fingerprint density at radius 2 is 1.95 bits per heavy atom. The van der Waals surface area contributed by atoms with Crippen LogP contribution in [0.15, 0.2) is 27.0 Å². The fraction of sp³-hybridized carbons (Fsp3) is 0.273. The van der Waals surface area contributed by atoms with Crippen molar-refractivity contribution in [2.75, 3.05) is 19.4 Å². The molecule has 5 nitrogen and oxygen atoms in total. The molecule has 0 radical (unpaired) electrons. The monoisotopic (exact) mass is 338 g/mol. The van der Waals surface area contributed by atoms with Gasteiger partial charge in [-0.1, -0.05) is 11.6 Å². The number of amidine groups is 2. The van der Waals surface area contributed by atoms with Gasteiger partial charge in [0.1, 0.15) is 0 Å². The Morgan fingerprint density at radius 1 is 1.29 bits per heavy atom. The molecule has 0 amide bonds.